The molecule has 1 aromatic rings. The summed E-state index contributed by atoms with van der Waals surface area (Å²) in [5, 5.41) is 3.43. The first kappa shape index (κ1) is 7.80. The van der Waals surface area contributed by atoms with Crippen molar-refractivity contribution in [3.63, 3.8) is 0 Å². The Kier molecular flexibility index (Phi) is 1.38. The Balaban J connectivity index is 2.21. The van der Waals surface area contributed by atoms with Gasteiger partial charge in [-0.3, -0.25) is 4.99 Å². The van der Waals surface area contributed by atoms with Crippen LogP contribution in [0.15, 0.2) is 41.4 Å². The molecule has 2 unspecified atom stereocenters. The van der Waals surface area contributed by atoms with Gasteiger partial charge in [-0.1, -0.05) is 24.3 Å². The number of anilines is 1. The molecular weight excluding hydrogens is 172 g/mol. The van der Waals surface area contributed by atoms with Gasteiger partial charge in [0.2, 0.25) is 0 Å². The molecule has 2 heteroatoms. The molecule has 0 amide bonds. The molecule has 14 heavy (non-hydrogen) atoms. The average Bonchev–Trinajstić information content (AvgIpc) is 2.51. The van der Waals surface area contributed by atoms with Crippen LogP contribution in [0.25, 0.3) is 0 Å². The first-order valence-corrected chi connectivity index (χ1v) is 4.88. The predicted octanol–water partition coefficient (Wildman–Crippen LogP) is 2.34. The number of dihydropyridines is 1. The van der Waals surface area contributed by atoms with Gasteiger partial charge < -0.3 is 5.32 Å². The molecule has 2 aliphatic rings. The highest BCUT2D eigenvalue weighted by Gasteiger charge is 2.41. The predicted molar refractivity (Wildman–Crippen MR) is 58.8 cm³/mol. The van der Waals surface area contributed by atoms with Gasteiger partial charge in [0.05, 0.1) is 5.41 Å². The molecule has 0 aliphatic carbocycles. The first-order chi connectivity index (χ1) is 6.81. The molecule has 2 heterocycles. The van der Waals surface area contributed by atoms with E-state index < -0.39 is 0 Å². The second kappa shape index (κ2) is 2.47. The van der Waals surface area contributed by atoms with Crippen LogP contribution in [0, 0.1) is 0 Å². The van der Waals surface area contributed by atoms with E-state index in [1.807, 2.05) is 12.3 Å². The molecule has 2 nitrogen and oxygen atoms in total. The van der Waals surface area contributed by atoms with Crippen molar-refractivity contribution >= 4 is 11.9 Å². The van der Waals surface area contributed by atoms with Crippen LogP contribution in [0.2, 0.25) is 0 Å². The zero-order valence-corrected chi connectivity index (χ0v) is 8.07. The number of nitrogens with zero attached hydrogens (tertiary/aromatic N) is 1. The highest BCUT2D eigenvalue weighted by Crippen LogP contribution is 2.43. The van der Waals surface area contributed by atoms with Crippen molar-refractivity contribution in [3.05, 3.63) is 42.0 Å². The van der Waals surface area contributed by atoms with Crippen LogP contribution in [0.5, 0.6) is 0 Å². The number of benzene rings is 1. The van der Waals surface area contributed by atoms with Gasteiger partial charge in [0.1, 0.15) is 6.17 Å². The van der Waals surface area contributed by atoms with Crippen molar-refractivity contribution in [1.82, 2.24) is 0 Å². The van der Waals surface area contributed by atoms with Crippen molar-refractivity contribution in [3.8, 4) is 0 Å². The number of hydrogen-bond donors (Lipinski definition) is 1. The highest BCUT2D eigenvalue weighted by molar-refractivity contribution is 5.77. The van der Waals surface area contributed by atoms with E-state index in [-0.39, 0.29) is 11.6 Å². The van der Waals surface area contributed by atoms with Crippen molar-refractivity contribution in [1.29, 1.82) is 0 Å². The minimum atomic E-state index is 0.0331. The Hall–Kier alpha value is -1.57. The van der Waals surface area contributed by atoms with Gasteiger partial charge in [0.25, 0.3) is 0 Å². The quantitative estimate of drug-likeness (QED) is 0.657. The smallest absolute Gasteiger partial charge is 0.131 e. The normalized spacial score (nSPS) is 32.2. The Bertz CT molecular complexity index is 434. The summed E-state index contributed by atoms with van der Waals surface area (Å²) in [7, 11) is 0. The fourth-order valence-electron chi connectivity index (χ4n) is 2.27. The molecular formula is C12H12N2. The van der Waals surface area contributed by atoms with Gasteiger partial charge in [-0.25, -0.2) is 0 Å². The number of fused-ring (bicyclic) bond motifs is 3. The van der Waals surface area contributed by atoms with Crippen LogP contribution in [0.1, 0.15) is 12.5 Å². The summed E-state index contributed by atoms with van der Waals surface area (Å²) >= 11 is 0. The number of para-hydroxylation sites is 1. The van der Waals surface area contributed by atoms with Gasteiger partial charge >= 0.3 is 0 Å². The van der Waals surface area contributed by atoms with Crippen molar-refractivity contribution in [2.45, 2.75) is 18.5 Å². The summed E-state index contributed by atoms with van der Waals surface area (Å²) in [5.74, 6) is 0. The zero-order valence-electron chi connectivity index (χ0n) is 8.07. The van der Waals surface area contributed by atoms with E-state index in [0.717, 1.165) is 0 Å². The largest absolute Gasteiger partial charge is 0.363 e. The van der Waals surface area contributed by atoms with Crippen molar-refractivity contribution < 1.29 is 0 Å². The topological polar surface area (TPSA) is 24.4 Å². The summed E-state index contributed by atoms with van der Waals surface area (Å²) in [5.41, 5.74) is 2.59. The Morgan fingerprint density at radius 1 is 1.36 bits per heavy atom. The molecule has 2 atom stereocenters. The minimum absolute atomic E-state index is 0.0331. The minimum Gasteiger partial charge on any atom is -0.363 e. The Morgan fingerprint density at radius 3 is 3.14 bits per heavy atom. The second-order valence-electron chi connectivity index (χ2n) is 4.03. The summed E-state index contributed by atoms with van der Waals surface area (Å²) in [4.78, 5) is 4.46. The average molecular weight is 184 g/mol. The van der Waals surface area contributed by atoms with E-state index in [2.05, 4.69) is 47.6 Å². The molecule has 70 valence electrons. The lowest BCUT2D eigenvalue weighted by Gasteiger charge is -2.27. The lowest BCUT2D eigenvalue weighted by molar-refractivity contribution is 0.527. The maximum absolute atomic E-state index is 4.46. The van der Waals surface area contributed by atoms with E-state index in [1.165, 1.54) is 11.3 Å². The monoisotopic (exact) mass is 184 g/mol. The van der Waals surface area contributed by atoms with E-state index >= 15 is 0 Å². The highest BCUT2D eigenvalue weighted by atomic mass is 15.1. The molecule has 3 rings (SSSR count). The molecule has 0 saturated carbocycles. The molecule has 0 radical (unpaired) electrons. The van der Waals surface area contributed by atoms with E-state index in [0.29, 0.717) is 0 Å². The molecule has 1 N–H and O–H groups in total. The second-order valence-corrected chi connectivity index (χ2v) is 4.03. The number of hydrogen-bond acceptors (Lipinski definition) is 2. The standard InChI is InChI=1S/C12H12N2/c1-12-7-4-8-13-11(12)14-10-6-3-2-5-9(10)12/h2-8,11,14H,1H3. The summed E-state index contributed by atoms with van der Waals surface area (Å²) < 4.78 is 0. The van der Waals surface area contributed by atoms with Gasteiger partial charge in [-0.2, -0.15) is 0 Å². The molecule has 0 saturated heterocycles. The Labute approximate surface area is 83.4 Å². The molecule has 0 spiro atoms. The summed E-state index contributed by atoms with van der Waals surface area (Å²) in [6.45, 7) is 2.23. The fourth-order valence-corrected chi connectivity index (χ4v) is 2.27. The molecule has 2 aliphatic heterocycles. The van der Waals surface area contributed by atoms with Gasteiger partial charge in [-0.05, 0) is 24.6 Å². The SMILES string of the molecule is CC12C=CC=NC1Nc1ccccc12. The number of rotatable bonds is 0. The van der Waals surface area contributed by atoms with Crippen LogP contribution >= 0.6 is 0 Å². The summed E-state index contributed by atoms with van der Waals surface area (Å²) in [6, 6.07) is 8.43. The van der Waals surface area contributed by atoms with E-state index in [9.17, 15) is 0 Å². The lowest BCUT2D eigenvalue weighted by Crippen LogP contribution is -2.34. The van der Waals surface area contributed by atoms with Gasteiger partial charge in [0.15, 0.2) is 0 Å². The van der Waals surface area contributed by atoms with Crippen LogP contribution in [0.3, 0.4) is 0 Å². The number of aliphatic imine (C=N–C) groups is 1. The molecule has 0 fully saturated rings. The van der Waals surface area contributed by atoms with Crippen LogP contribution in [-0.4, -0.2) is 12.4 Å². The van der Waals surface area contributed by atoms with E-state index in [1.54, 1.807) is 0 Å². The fraction of sp³-hybridized carbons (Fsp3) is 0.250. The Morgan fingerprint density at radius 2 is 2.21 bits per heavy atom. The maximum Gasteiger partial charge on any atom is 0.131 e. The van der Waals surface area contributed by atoms with Crippen molar-refractivity contribution in [2.75, 3.05) is 5.32 Å². The third-order valence-electron chi connectivity index (χ3n) is 3.13. The van der Waals surface area contributed by atoms with Gasteiger partial charge in [-0.15, -0.1) is 0 Å². The van der Waals surface area contributed by atoms with E-state index in [4.69, 9.17) is 0 Å². The number of nitrogens with one attached hydrogen (secondary N) is 1. The lowest BCUT2D eigenvalue weighted by atomic mass is 9.81. The maximum atomic E-state index is 4.46. The van der Waals surface area contributed by atoms with Crippen LogP contribution < -0.4 is 5.32 Å². The van der Waals surface area contributed by atoms with Gasteiger partial charge in [0, 0.05) is 11.9 Å². The summed E-state index contributed by atoms with van der Waals surface area (Å²) in [6.07, 6.45) is 6.29. The molecule has 1 aromatic carbocycles. The van der Waals surface area contributed by atoms with Crippen LogP contribution in [-0.2, 0) is 5.41 Å². The molecule has 0 aromatic heterocycles. The van der Waals surface area contributed by atoms with Crippen LogP contribution in [0.4, 0.5) is 5.69 Å². The molecule has 0 bridgehead atoms. The number of allylic oxidation sites excluding steroid dienone is 1. The zero-order chi connectivity index (χ0) is 9.60. The third kappa shape index (κ3) is 0.830. The van der Waals surface area contributed by atoms with Crippen molar-refractivity contribution in [2.24, 2.45) is 4.99 Å². The third-order valence-corrected chi connectivity index (χ3v) is 3.13. The first-order valence-electron chi connectivity index (χ1n) is 4.88.